The number of hydrogen-bond acceptors (Lipinski definition) is 5. The highest BCUT2D eigenvalue weighted by Gasteiger charge is 2.60. The molecule has 0 saturated heterocycles. The summed E-state index contributed by atoms with van der Waals surface area (Å²) in [5, 5.41) is 0. The number of hydrogen-bond donors (Lipinski definition) is 0. The van der Waals surface area contributed by atoms with Crippen molar-refractivity contribution >= 4 is 11.9 Å². The fraction of sp³-hybridized carbons (Fsp3) is 0.857. The van der Waals surface area contributed by atoms with Gasteiger partial charge >= 0.3 is 11.9 Å². The van der Waals surface area contributed by atoms with Gasteiger partial charge < -0.3 is 14.2 Å². The predicted molar refractivity (Wildman–Crippen MR) is 69.4 cm³/mol. The highest BCUT2D eigenvalue weighted by atomic mass is 16.5. The minimum Gasteiger partial charge on any atom is -0.468 e. The summed E-state index contributed by atoms with van der Waals surface area (Å²) in [4.78, 5) is 24.0. The predicted octanol–water partition coefficient (Wildman–Crippen LogP) is 1.79. The average Bonchev–Trinajstić information content (AvgIpc) is 2.60. The van der Waals surface area contributed by atoms with Gasteiger partial charge in [-0.05, 0) is 23.7 Å². The van der Waals surface area contributed by atoms with Gasteiger partial charge in [0.2, 0.25) is 0 Å². The van der Waals surface area contributed by atoms with Gasteiger partial charge in [-0.1, -0.05) is 20.8 Å². The monoisotopic (exact) mass is 272 g/mol. The third-order valence-electron chi connectivity index (χ3n) is 5.00. The van der Waals surface area contributed by atoms with Crippen molar-refractivity contribution in [3.05, 3.63) is 0 Å². The van der Waals surface area contributed by atoms with E-state index >= 15 is 0 Å². The Hall–Kier alpha value is -1.10. The van der Waals surface area contributed by atoms with Crippen LogP contribution in [-0.4, -0.2) is 39.4 Å². The molecule has 0 heterocycles. The van der Waals surface area contributed by atoms with E-state index in [1.807, 2.05) is 20.8 Å². The zero-order valence-electron chi connectivity index (χ0n) is 12.6. The van der Waals surface area contributed by atoms with Crippen LogP contribution in [0.15, 0.2) is 0 Å². The van der Waals surface area contributed by atoms with E-state index in [1.165, 1.54) is 14.2 Å². The first-order chi connectivity index (χ1) is 8.76. The molecule has 0 spiro atoms. The van der Waals surface area contributed by atoms with E-state index in [9.17, 15) is 9.59 Å². The summed E-state index contributed by atoms with van der Waals surface area (Å²) < 4.78 is 15.1. The quantitative estimate of drug-likeness (QED) is 0.577. The average molecular weight is 272 g/mol. The molecule has 1 aliphatic carbocycles. The van der Waals surface area contributed by atoms with Crippen LogP contribution < -0.4 is 0 Å². The van der Waals surface area contributed by atoms with Gasteiger partial charge in [-0.25, -0.2) is 0 Å². The molecule has 0 bridgehead atoms. The molecule has 0 aromatic heterocycles. The highest BCUT2D eigenvalue weighted by Crippen LogP contribution is 2.58. The van der Waals surface area contributed by atoms with Gasteiger partial charge in [0.05, 0.1) is 20.3 Å². The number of methoxy groups -OCH3 is 3. The van der Waals surface area contributed by atoms with Crippen molar-refractivity contribution in [3.8, 4) is 0 Å². The van der Waals surface area contributed by atoms with Crippen molar-refractivity contribution in [2.45, 2.75) is 39.7 Å². The van der Waals surface area contributed by atoms with Gasteiger partial charge in [0.1, 0.15) is 0 Å². The summed E-state index contributed by atoms with van der Waals surface area (Å²) in [6, 6.07) is 0. The Morgan fingerprint density at radius 2 is 1.53 bits per heavy atom. The third kappa shape index (κ3) is 2.36. The lowest BCUT2D eigenvalue weighted by atomic mass is 9.61. The molecule has 0 aromatic rings. The summed E-state index contributed by atoms with van der Waals surface area (Å²) in [5.74, 6) is -2.00. The van der Waals surface area contributed by atoms with Gasteiger partial charge in [0, 0.05) is 7.11 Å². The van der Waals surface area contributed by atoms with Crippen LogP contribution in [0.1, 0.15) is 33.6 Å². The molecule has 0 radical (unpaired) electrons. The lowest BCUT2D eigenvalue weighted by molar-refractivity contribution is -0.171. The van der Waals surface area contributed by atoms with E-state index in [0.717, 1.165) is 6.42 Å². The molecule has 110 valence electrons. The maximum absolute atomic E-state index is 12.0. The Balaban J connectivity index is 3.21. The van der Waals surface area contributed by atoms with Crippen molar-refractivity contribution in [2.24, 2.45) is 16.7 Å². The van der Waals surface area contributed by atoms with Crippen molar-refractivity contribution in [1.29, 1.82) is 0 Å². The topological polar surface area (TPSA) is 61.8 Å². The molecule has 0 unspecified atom stereocenters. The van der Waals surface area contributed by atoms with Crippen LogP contribution in [0.25, 0.3) is 0 Å². The minimum absolute atomic E-state index is 0.00862. The van der Waals surface area contributed by atoms with Crippen LogP contribution in [0.4, 0.5) is 0 Å². The molecule has 1 rings (SSSR count). The number of carbonyl (C=O) groups is 2. The molecule has 2 atom stereocenters. The normalized spacial score (nSPS) is 29.3. The molecule has 5 heteroatoms. The summed E-state index contributed by atoms with van der Waals surface area (Å²) in [7, 11) is 4.23. The fourth-order valence-electron chi connectivity index (χ4n) is 3.26. The minimum atomic E-state index is -0.919. The van der Waals surface area contributed by atoms with E-state index in [2.05, 4.69) is 0 Å². The van der Waals surface area contributed by atoms with Crippen LogP contribution in [0.3, 0.4) is 0 Å². The first-order valence-corrected chi connectivity index (χ1v) is 6.44. The second-order valence-corrected chi connectivity index (χ2v) is 5.88. The van der Waals surface area contributed by atoms with Crippen LogP contribution in [-0.2, 0) is 23.8 Å². The lowest BCUT2D eigenvalue weighted by Crippen LogP contribution is -2.49. The number of esters is 2. The zero-order valence-corrected chi connectivity index (χ0v) is 12.6. The van der Waals surface area contributed by atoms with E-state index in [-0.39, 0.29) is 11.5 Å². The van der Waals surface area contributed by atoms with E-state index in [4.69, 9.17) is 14.2 Å². The Morgan fingerprint density at radius 1 is 1.05 bits per heavy atom. The van der Waals surface area contributed by atoms with Crippen molar-refractivity contribution < 1.29 is 23.8 Å². The summed E-state index contributed by atoms with van der Waals surface area (Å²) in [6.45, 7) is 5.98. The molecular formula is C14H24O5. The molecule has 1 fully saturated rings. The molecular weight excluding hydrogens is 248 g/mol. The Kier molecular flexibility index (Phi) is 4.61. The van der Waals surface area contributed by atoms with E-state index < -0.39 is 23.3 Å². The second-order valence-electron chi connectivity index (χ2n) is 5.88. The first-order valence-electron chi connectivity index (χ1n) is 6.44. The molecule has 1 aliphatic rings. The SMILES string of the molecule is COC(=O)C(C(=O)OC)[C@@]1(C)CC[C@H](OC)C1(C)C. The molecule has 0 aromatic carbocycles. The smallest absolute Gasteiger partial charge is 0.320 e. The van der Waals surface area contributed by atoms with Gasteiger partial charge in [-0.3, -0.25) is 9.59 Å². The molecule has 5 nitrogen and oxygen atoms in total. The van der Waals surface area contributed by atoms with Gasteiger partial charge in [-0.2, -0.15) is 0 Å². The standard InChI is InChI=1S/C14H24O5/c1-13(2)9(17-4)7-8-14(13,3)10(11(15)18-5)12(16)19-6/h9-10H,7-8H2,1-6H3/t9-,14+/m0/s1. The van der Waals surface area contributed by atoms with E-state index in [0.29, 0.717) is 6.42 Å². The summed E-state index contributed by atoms with van der Waals surface area (Å²) >= 11 is 0. The fourth-order valence-corrected chi connectivity index (χ4v) is 3.26. The number of rotatable bonds is 4. The third-order valence-corrected chi connectivity index (χ3v) is 5.00. The Bertz CT molecular complexity index is 347. The van der Waals surface area contributed by atoms with Gasteiger partial charge in [0.15, 0.2) is 5.92 Å². The Labute approximate surface area is 114 Å². The summed E-state index contributed by atoms with van der Waals surface area (Å²) in [5.41, 5.74) is -0.872. The number of ether oxygens (including phenoxy) is 3. The van der Waals surface area contributed by atoms with Crippen molar-refractivity contribution in [1.82, 2.24) is 0 Å². The molecule has 0 N–H and O–H groups in total. The zero-order chi connectivity index (χ0) is 14.8. The summed E-state index contributed by atoms with van der Waals surface area (Å²) in [6.07, 6.45) is 1.53. The maximum atomic E-state index is 12.0. The highest BCUT2D eigenvalue weighted by molar-refractivity contribution is 5.96. The van der Waals surface area contributed by atoms with Gasteiger partial charge in [-0.15, -0.1) is 0 Å². The lowest BCUT2D eigenvalue weighted by Gasteiger charge is -2.43. The molecule has 1 saturated carbocycles. The van der Waals surface area contributed by atoms with Crippen LogP contribution in [0.5, 0.6) is 0 Å². The Morgan fingerprint density at radius 3 is 1.84 bits per heavy atom. The van der Waals surface area contributed by atoms with E-state index in [1.54, 1.807) is 7.11 Å². The largest absolute Gasteiger partial charge is 0.468 e. The molecule has 0 aliphatic heterocycles. The van der Waals surface area contributed by atoms with Crippen LogP contribution >= 0.6 is 0 Å². The van der Waals surface area contributed by atoms with Crippen LogP contribution in [0, 0.1) is 16.7 Å². The van der Waals surface area contributed by atoms with Crippen LogP contribution in [0.2, 0.25) is 0 Å². The van der Waals surface area contributed by atoms with Crippen molar-refractivity contribution in [3.63, 3.8) is 0 Å². The van der Waals surface area contributed by atoms with Gasteiger partial charge in [0.25, 0.3) is 0 Å². The van der Waals surface area contributed by atoms with Crippen molar-refractivity contribution in [2.75, 3.05) is 21.3 Å². The first kappa shape index (κ1) is 16.0. The molecule has 19 heavy (non-hydrogen) atoms. The number of carbonyl (C=O) groups excluding carboxylic acids is 2. The molecule has 0 amide bonds. The second kappa shape index (κ2) is 5.49. The maximum Gasteiger partial charge on any atom is 0.320 e.